The first kappa shape index (κ1) is 12.7. The molecule has 0 saturated carbocycles. The predicted molar refractivity (Wildman–Crippen MR) is 72.1 cm³/mol. The van der Waals surface area contributed by atoms with Crippen LogP contribution in [0.2, 0.25) is 0 Å². The summed E-state index contributed by atoms with van der Waals surface area (Å²) in [6.07, 6.45) is 1.51. The summed E-state index contributed by atoms with van der Waals surface area (Å²) >= 11 is 0. The van der Waals surface area contributed by atoms with E-state index in [-0.39, 0.29) is 11.8 Å². The summed E-state index contributed by atoms with van der Waals surface area (Å²) in [6, 6.07) is 5.76. The lowest BCUT2D eigenvalue weighted by Gasteiger charge is -2.17. The van der Waals surface area contributed by atoms with Crippen molar-refractivity contribution in [2.24, 2.45) is 0 Å². The van der Waals surface area contributed by atoms with Gasteiger partial charge in [0.15, 0.2) is 11.5 Å². The van der Waals surface area contributed by atoms with Crippen molar-refractivity contribution in [2.45, 2.75) is 32.8 Å². The molecule has 0 spiro atoms. The molecule has 5 nitrogen and oxygen atoms in total. The normalized spacial score (nSPS) is 12.9. The van der Waals surface area contributed by atoms with Crippen molar-refractivity contribution in [2.75, 3.05) is 0 Å². The molecule has 0 amide bonds. The first-order valence-corrected chi connectivity index (χ1v) is 6.58. The summed E-state index contributed by atoms with van der Waals surface area (Å²) in [7, 11) is 0. The van der Waals surface area contributed by atoms with E-state index in [1.165, 1.54) is 0 Å². The minimum atomic E-state index is -1.04. The molecule has 1 N–H and O–H groups in total. The molecular weight excluding hydrogens is 258 g/mol. The van der Waals surface area contributed by atoms with Crippen molar-refractivity contribution in [3.05, 3.63) is 35.0 Å². The number of ether oxygens (including phenoxy) is 1. The van der Waals surface area contributed by atoms with Gasteiger partial charge in [-0.3, -0.25) is 0 Å². The third-order valence-corrected chi connectivity index (χ3v) is 3.33. The van der Waals surface area contributed by atoms with Crippen LogP contribution in [0, 0.1) is 0 Å². The molecule has 0 fully saturated rings. The lowest BCUT2D eigenvalue weighted by Crippen LogP contribution is -2.09. The molecule has 0 bridgehead atoms. The number of hydrogen-bond donors (Lipinski definition) is 1. The van der Waals surface area contributed by atoms with Crippen LogP contribution in [-0.4, -0.2) is 22.3 Å². The molecule has 1 heterocycles. The average Bonchev–Trinajstić information content (AvgIpc) is 2.81. The fourth-order valence-corrected chi connectivity index (χ4v) is 2.52. The molecular formula is C15H15NO4. The van der Waals surface area contributed by atoms with Gasteiger partial charge < -0.3 is 14.4 Å². The summed E-state index contributed by atoms with van der Waals surface area (Å²) in [4.78, 5) is 11.1. The monoisotopic (exact) mass is 273 g/mol. The number of aromatic carboxylic acids is 1. The summed E-state index contributed by atoms with van der Waals surface area (Å²) in [5, 5.41) is 12.7. The topological polar surface area (TPSA) is 72.6 Å². The van der Waals surface area contributed by atoms with E-state index in [2.05, 4.69) is 5.16 Å². The Morgan fingerprint density at radius 2 is 2.20 bits per heavy atom. The number of carboxylic acid groups (broad SMARTS) is 1. The van der Waals surface area contributed by atoms with Crippen molar-refractivity contribution >= 4 is 5.97 Å². The van der Waals surface area contributed by atoms with Gasteiger partial charge in [-0.15, -0.1) is 0 Å². The number of fused-ring (bicyclic) bond motifs is 3. The number of carbonyl (C=O) groups is 1. The summed E-state index contributed by atoms with van der Waals surface area (Å²) < 4.78 is 10.9. The fraction of sp³-hybridized carbons (Fsp3) is 0.333. The molecule has 0 saturated heterocycles. The third-order valence-electron chi connectivity index (χ3n) is 3.33. The second-order valence-corrected chi connectivity index (χ2v) is 5.13. The molecule has 0 radical (unpaired) electrons. The van der Waals surface area contributed by atoms with E-state index in [0.29, 0.717) is 17.7 Å². The van der Waals surface area contributed by atoms with Crippen LogP contribution in [0.4, 0.5) is 0 Å². The van der Waals surface area contributed by atoms with E-state index >= 15 is 0 Å². The highest BCUT2D eigenvalue weighted by Crippen LogP contribution is 2.37. The summed E-state index contributed by atoms with van der Waals surface area (Å²) in [6.45, 7) is 3.96. The second kappa shape index (κ2) is 4.67. The van der Waals surface area contributed by atoms with Gasteiger partial charge in [0.05, 0.1) is 6.10 Å². The molecule has 0 unspecified atom stereocenters. The van der Waals surface area contributed by atoms with E-state index in [9.17, 15) is 4.79 Å². The van der Waals surface area contributed by atoms with Crippen molar-refractivity contribution in [1.29, 1.82) is 0 Å². The molecule has 5 heteroatoms. The van der Waals surface area contributed by atoms with Crippen LogP contribution >= 0.6 is 0 Å². The van der Waals surface area contributed by atoms with Crippen LogP contribution < -0.4 is 4.74 Å². The first-order valence-electron chi connectivity index (χ1n) is 6.58. The maximum absolute atomic E-state index is 11.1. The van der Waals surface area contributed by atoms with Gasteiger partial charge in [-0.05, 0) is 50.5 Å². The largest absolute Gasteiger partial charge is 0.491 e. The van der Waals surface area contributed by atoms with Gasteiger partial charge in [-0.2, -0.15) is 0 Å². The van der Waals surface area contributed by atoms with Gasteiger partial charge in [0, 0.05) is 11.1 Å². The Bertz CT molecular complexity index is 673. The molecule has 1 aromatic heterocycles. The van der Waals surface area contributed by atoms with Crippen LogP contribution in [0.15, 0.2) is 22.7 Å². The van der Waals surface area contributed by atoms with Crippen molar-refractivity contribution < 1.29 is 19.2 Å². The quantitative estimate of drug-likeness (QED) is 0.930. The molecule has 0 aliphatic heterocycles. The van der Waals surface area contributed by atoms with E-state index in [4.69, 9.17) is 14.4 Å². The van der Waals surface area contributed by atoms with E-state index < -0.39 is 5.97 Å². The molecule has 1 aliphatic carbocycles. The summed E-state index contributed by atoms with van der Waals surface area (Å²) in [5.41, 5.74) is 2.71. The minimum Gasteiger partial charge on any atom is -0.491 e. The van der Waals surface area contributed by atoms with Gasteiger partial charge in [-0.1, -0.05) is 5.16 Å². The van der Waals surface area contributed by atoms with Crippen LogP contribution in [0.5, 0.6) is 5.75 Å². The molecule has 104 valence electrons. The highest BCUT2D eigenvalue weighted by Gasteiger charge is 2.27. The molecule has 1 aromatic carbocycles. The van der Waals surface area contributed by atoms with Gasteiger partial charge >= 0.3 is 5.97 Å². The van der Waals surface area contributed by atoms with Crippen LogP contribution in [0.1, 0.15) is 35.5 Å². The maximum Gasteiger partial charge on any atom is 0.358 e. The van der Waals surface area contributed by atoms with Crippen molar-refractivity contribution in [1.82, 2.24) is 5.16 Å². The van der Waals surface area contributed by atoms with Crippen LogP contribution in [-0.2, 0) is 12.8 Å². The van der Waals surface area contributed by atoms with E-state index in [0.717, 1.165) is 23.3 Å². The maximum atomic E-state index is 11.1. The Kier molecular flexibility index (Phi) is 2.97. The number of rotatable bonds is 3. The molecule has 2 aromatic rings. The van der Waals surface area contributed by atoms with Crippen LogP contribution in [0.3, 0.4) is 0 Å². The number of aryl methyl sites for hydroxylation is 1. The second-order valence-electron chi connectivity index (χ2n) is 5.13. The number of carboxylic acids is 1. The van der Waals surface area contributed by atoms with Gasteiger partial charge in [0.25, 0.3) is 0 Å². The number of nitrogens with zero attached hydrogens (tertiary/aromatic N) is 1. The zero-order valence-corrected chi connectivity index (χ0v) is 11.3. The van der Waals surface area contributed by atoms with Crippen molar-refractivity contribution in [3.63, 3.8) is 0 Å². The Hall–Kier alpha value is -2.30. The van der Waals surface area contributed by atoms with Crippen LogP contribution in [0.25, 0.3) is 11.3 Å². The Labute approximate surface area is 116 Å². The zero-order chi connectivity index (χ0) is 14.3. The SMILES string of the molecule is CC(C)Oc1ccc2c(c1)CCc1c(C(=O)O)noc1-2. The Morgan fingerprint density at radius 3 is 2.90 bits per heavy atom. The lowest BCUT2D eigenvalue weighted by molar-refractivity contribution is 0.0684. The molecule has 0 atom stereocenters. The van der Waals surface area contributed by atoms with Gasteiger partial charge in [0.1, 0.15) is 5.75 Å². The van der Waals surface area contributed by atoms with Gasteiger partial charge in [-0.25, -0.2) is 4.79 Å². The number of benzene rings is 1. The lowest BCUT2D eigenvalue weighted by atomic mass is 9.89. The highest BCUT2D eigenvalue weighted by molar-refractivity contribution is 5.89. The van der Waals surface area contributed by atoms with E-state index in [1.54, 1.807) is 0 Å². The standard InChI is InChI=1S/C15H15NO4/c1-8(2)19-10-4-6-11-9(7-10)3-5-12-13(15(17)18)16-20-14(11)12/h4,6-8H,3,5H2,1-2H3,(H,17,18). The molecule has 3 rings (SSSR count). The van der Waals surface area contributed by atoms with Gasteiger partial charge in [0.2, 0.25) is 0 Å². The Balaban J connectivity index is 2.03. The smallest absolute Gasteiger partial charge is 0.358 e. The Morgan fingerprint density at radius 1 is 1.40 bits per heavy atom. The number of aromatic nitrogens is 1. The first-order chi connectivity index (χ1) is 9.56. The third kappa shape index (κ3) is 2.05. The average molecular weight is 273 g/mol. The minimum absolute atomic E-state index is 0.0214. The summed E-state index contributed by atoms with van der Waals surface area (Å²) in [5.74, 6) is 0.345. The molecule has 1 aliphatic rings. The predicted octanol–water partition coefficient (Wildman–Crippen LogP) is 2.93. The van der Waals surface area contributed by atoms with Crippen molar-refractivity contribution in [3.8, 4) is 17.1 Å². The molecule has 20 heavy (non-hydrogen) atoms. The number of hydrogen-bond acceptors (Lipinski definition) is 4. The highest BCUT2D eigenvalue weighted by atomic mass is 16.5. The fourth-order valence-electron chi connectivity index (χ4n) is 2.52. The van der Waals surface area contributed by atoms with E-state index in [1.807, 2.05) is 32.0 Å². The zero-order valence-electron chi connectivity index (χ0n) is 11.3.